The van der Waals surface area contributed by atoms with Crippen molar-refractivity contribution in [2.45, 2.75) is 12.6 Å². The normalized spacial score (nSPS) is 20.3. The average molecular weight is 269 g/mol. The van der Waals surface area contributed by atoms with Crippen LogP contribution >= 0.6 is 0 Å². The Bertz CT molecular complexity index is 467. The zero-order valence-electron chi connectivity index (χ0n) is 10.7. The molecule has 0 spiro atoms. The first-order valence-corrected chi connectivity index (χ1v) is 6.20. The molecule has 1 heterocycles. The quantitative estimate of drug-likeness (QED) is 0.839. The van der Waals surface area contributed by atoms with Crippen LogP contribution in [0.3, 0.4) is 0 Å². The number of piperazine rings is 1. The fourth-order valence-corrected chi connectivity index (χ4v) is 2.08. The first-order valence-electron chi connectivity index (χ1n) is 6.20. The SMILES string of the molecule is CN1CCNCC1C(=O)NCc1cc(F)ccc1F. The summed E-state index contributed by atoms with van der Waals surface area (Å²) < 4.78 is 26.4. The molecule has 19 heavy (non-hydrogen) atoms. The molecule has 0 radical (unpaired) electrons. The zero-order chi connectivity index (χ0) is 13.8. The molecule has 6 heteroatoms. The highest BCUT2D eigenvalue weighted by molar-refractivity contribution is 5.82. The monoisotopic (exact) mass is 269 g/mol. The van der Waals surface area contributed by atoms with E-state index in [1.54, 1.807) is 0 Å². The molecule has 1 fully saturated rings. The molecule has 1 atom stereocenters. The van der Waals surface area contributed by atoms with Gasteiger partial charge in [-0.15, -0.1) is 0 Å². The van der Waals surface area contributed by atoms with Crippen LogP contribution in [-0.4, -0.2) is 43.5 Å². The third-order valence-corrected chi connectivity index (χ3v) is 3.27. The molecule has 1 unspecified atom stereocenters. The van der Waals surface area contributed by atoms with Crippen molar-refractivity contribution < 1.29 is 13.6 Å². The summed E-state index contributed by atoms with van der Waals surface area (Å²) in [4.78, 5) is 13.9. The van der Waals surface area contributed by atoms with E-state index in [-0.39, 0.29) is 24.1 Å². The summed E-state index contributed by atoms with van der Waals surface area (Å²) in [6.45, 7) is 2.19. The lowest BCUT2D eigenvalue weighted by Crippen LogP contribution is -2.56. The van der Waals surface area contributed by atoms with Crippen LogP contribution in [0.15, 0.2) is 18.2 Å². The van der Waals surface area contributed by atoms with Crippen LogP contribution in [0.25, 0.3) is 0 Å². The van der Waals surface area contributed by atoms with Crippen molar-refractivity contribution in [3.05, 3.63) is 35.4 Å². The smallest absolute Gasteiger partial charge is 0.238 e. The summed E-state index contributed by atoms with van der Waals surface area (Å²) in [5, 5.41) is 5.77. The summed E-state index contributed by atoms with van der Waals surface area (Å²) in [6.07, 6.45) is 0. The van der Waals surface area contributed by atoms with Gasteiger partial charge in [0.05, 0.1) is 0 Å². The van der Waals surface area contributed by atoms with Gasteiger partial charge in [0.2, 0.25) is 5.91 Å². The highest BCUT2D eigenvalue weighted by Gasteiger charge is 2.25. The molecule has 104 valence electrons. The van der Waals surface area contributed by atoms with E-state index in [1.165, 1.54) is 0 Å². The van der Waals surface area contributed by atoms with Gasteiger partial charge in [-0.3, -0.25) is 9.69 Å². The lowest BCUT2D eigenvalue weighted by Gasteiger charge is -2.31. The zero-order valence-corrected chi connectivity index (χ0v) is 10.7. The number of nitrogens with one attached hydrogen (secondary N) is 2. The van der Waals surface area contributed by atoms with Gasteiger partial charge in [-0.2, -0.15) is 0 Å². The van der Waals surface area contributed by atoms with Crippen LogP contribution in [0.2, 0.25) is 0 Å². The van der Waals surface area contributed by atoms with E-state index in [2.05, 4.69) is 10.6 Å². The third kappa shape index (κ3) is 3.48. The number of likely N-dealkylation sites (N-methyl/N-ethyl adjacent to an activating group) is 1. The Kier molecular flexibility index (Phi) is 4.44. The molecule has 1 aliphatic heterocycles. The number of halogens is 2. The van der Waals surface area contributed by atoms with Crippen molar-refractivity contribution in [3.63, 3.8) is 0 Å². The van der Waals surface area contributed by atoms with Gasteiger partial charge in [-0.25, -0.2) is 8.78 Å². The fraction of sp³-hybridized carbons (Fsp3) is 0.462. The minimum Gasteiger partial charge on any atom is -0.351 e. The van der Waals surface area contributed by atoms with Crippen LogP contribution in [0.4, 0.5) is 8.78 Å². The number of hydrogen-bond acceptors (Lipinski definition) is 3. The summed E-state index contributed by atoms with van der Waals surface area (Å²) in [6, 6.07) is 2.94. The van der Waals surface area contributed by atoms with E-state index < -0.39 is 11.6 Å². The maximum atomic E-state index is 13.4. The van der Waals surface area contributed by atoms with Gasteiger partial charge in [0.1, 0.15) is 17.7 Å². The molecule has 1 amide bonds. The maximum Gasteiger partial charge on any atom is 0.238 e. The standard InChI is InChI=1S/C13H17F2N3O/c1-18-5-4-16-8-12(18)13(19)17-7-9-6-10(14)2-3-11(9)15/h2-3,6,12,16H,4-5,7-8H2,1H3,(H,17,19). The predicted octanol–water partition coefficient (Wildman–Crippen LogP) is 0.485. The minimum absolute atomic E-state index is 0.00718. The van der Waals surface area contributed by atoms with Crippen LogP contribution in [-0.2, 0) is 11.3 Å². The number of hydrogen-bond donors (Lipinski definition) is 2. The second-order valence-corrected chi connectivity index (χ2v) is 4.65. The summed E-state index contributed by atoms with van der Waals surface area (Å²) >= 11 is 0. The average Bonchev–Trinajstić information content (AvgIpc) is 2.40. The molecule has 1 aromatic carbocycles. The Labute approximate surface area is 110 Å². The molecule has 1 aliphatic rings. The molecule has 2 rings (SSSR count). The molecule has 1 aromatic rings. The number of carbonyl (C=O) groups is 1. The number of nitrogens with zero attached hydrogens (tertiary/aromatic N) is 1. The van der Waals surface area contributed by atoms with Crippen LogP contribution < -0.4 is 10.6 Å². The minimum atomic E-state index is -0.517. The van der Waals surface area contributed by atoms with E-state index in [4.69, 9.17) is 0 Å². The van der Waals surface area contributed by atoms with E-state index in [0.29, 0.717) is 6.54 Å². The Morgan fingerprint density at radius 2 is 2.32 bits per heavy atom. The Morgan fingerprint density at radius 3 is 3.05 bits per heavy atom. The van der Waals surface area contributed by atoms with Crippen molar-refractivity contribution in [2.75, 3.05) is 26.7 Å². The number of amides is 1. The maximum absolute atomic E-state index is 13.4. The highest BCUT2D eigenvalue weighted by Crippen LogP contribution is 2.09. The lowest BCUT2D eigenvalue weighted by molar-refractivity contribution is -0.126. The van der Waals surface area contributed by atoms with Crippen molar-refractivity contribution in [3.8, 4) is 0 Å². The second kappa shape index (κ2) is 6.08. The lowest BCUT2D eigenvalue weighted by atomic mass is 10.1. The molecule has 0 aliphatic carbocycles. The van der Waals surface area contributed by atoms with Crippen molar-refractivity contribution in [1.29, 1.82) is 0 Å². The summed E-state index contributed by atoms with van der Waals surface area (Å²) in [5.74, 6) is -1.21. The van der Waals surface area contributed by atoms with Gasteiger partial charge in [0, 0.05) is 31.7 Å². The van der Waals surface area contributed by atoms with Crippen LogP contribution in [0, 0.1) is 11.6 Å². The molecule has 4 nitrogen and oxygen atoms in total. The van der Waals surface area contributed by atoms with Crippen molar-refractivity contribution in [2.24, 2.45) is 0 Å². The van der Waals surface area contributed by atoms with Gasteiger partial charge < -0.3 is 10.6 Å². The molecule has 1 saturated heterocycles. The van der Waals surface area contributed by atoms with Gasteiger partial charge in [-0.05, 0) is 25.2 Å². The molecular weight excluding hydrogens is 252 g/mol. The first-order chi connectivity index (χ1) is 9.08. The molecular formula is C13H17F2N3O. The summed E-state index contributed by atoms with van der Waals surface area (Å²) in [7, 11) is 1.87. The Balaban J connectivity index is 1.94. The summed E-state index contributed by atoms with van der Waals surface area (Å²) in [5.41, 5.74) is 0.153. The van der Waals surface area contributed by atoms with Crippen LogP contribution in [0.5, 0.6) is 0 Å². The van der Waals surface area contributed by atoms with Gasteiger partial charge >= 0.3 is 0 Å². The van der Waals surface area contributed by atoms with Crippen molar-refractivity contribution >= 4 is 5.91 Å². The van der Waals surface area contributed by atoms with Gasteiger partial charge in [0.25, 0.3) is 0 Å². The molecule has 0 saturated carbocycles. The predicted molar refractivity (Wildman–Crippen MR) is 67.5 cm³/mol. The van der Waals surface area contributed by atoms with Gasteiger partial charge in [0.15, 0.2) is 0 Å². The molecule has 0 aromatic heterocycles. The molecule has 0 bridgehead atoms. The van der Waals surface area contributed by atoms with Crippen molar-refractivity contribution in [1.82, 2.24) is 15.5 Å². The largest absolute Gasteiger partial charge is 0.351 e. The fourth-order valence-electron chi connectivity index (χ4n) is 2.08. The Morgan fingerprint density at radius 1 is 1.53 bits per heavy atom. The topological polar surface area (TPSA) is 44.4 Å². The second-order valence-electron chi connectivity index (χ2n) is 4.65. The van der Waals surface area contributed by atoms with E-state index in [1.807, 2.05) is 11.9 Å². The first kappa shape index (κ1) is 13.9. The number of benzene rings is 1. The Hall–Kier alpha value is -1.53. The van der Waals surface area contributed by atoms with E-state index in [0.717, 1.165) is 31.3 Å². The third-order valence-electron chi connectivity index (χ3n) is 3.27. The number of carbonyl (C=O) groups excluding carboxylic acids is 1. The van der Waals surface area contributed by atoms with Crippen LogP contribution in [0.1, 0.15) is 5.56 Å². The van der Waals surface area contributed by atoms with Gasteiger partial charge in [-0.1, -0.05) is 0 Å². The number of rotatable bonds is 3. The highest BCUT2D eigenvalue weighted by atomic mass is 19.1. The van der Waals surface area contributed by atoms with E-state index in [9.17, 15) is 13.6 Å². The van der Waals surface area contributed by atoms with E-state index >= 15 is 0 Å². The molecule has 2 N–H and O–H groups in total.